The third-order valence-corrected chi connectivity index (χ3v) is 3.69. The van der Waals surface area contributed by atoms with Crippen LogP contribution in [0.25, 0.3) is 0 Å². The van der Waals surface area contributed by atoms with E-state index in [2.05, 4.69) is 21.2 Å². The maximum absolute atomic E-state index is 11.4. The molecule has 0 atom stereocenters. The number of carbonyl (C=O) groups excluding carboxylic acids is 1. The summed E-state index contributed by atoms with van der Waals surface area (Å²) in [6.45, 7) is 1.96. The van der Waals surface area contributed by atoms with Gasteiger partial charge in [-0.1, -0.05) is 22.0 Å². The van der Waals surface area contributed by atoms with E-state index in [1.165, 1.54) is 0 Å². The number of aryl methyl sites for hydroxylation is 1. The van der Waals surface area contributed by atoms with Gasteiger partial charge in [-0.15, -0.1) is 11.8 Å². The lowest BCUT2D eigenvalue weighted by molar-refractivity contribution is -0.133. The number of anilines is 1. The molecule has 0 spiro atoms. The molecule has 0 aromatic heterocycles. The minimum Gasteiger partial charge on any atom is -0.481 e. The molecule has 17 heavy (non-hydrogen) atoms. The Kier molecular flexibility index (Phi) is 5.50. The lowest BCUT2D eigenvalue weighted by atomic mass is 10.2. The van der Waals surface area contributed by atoms with E-state index in [4.69, 9.17) is 5.11 Å². The van der Waals surface area contributed by atoms with Crippen molar-refractivity contribution in [2.75, 3.05) is 16.8 Å². The van der Waals surface area contributed by atoms with Gasteiger partial charge in [0.15, 0.2) is 0 Å². The number of hydrogen-bond donors (Lipinski definition) is 2. The van der Waals surface area contributed by atoms with Crippen molar-refractivity contribution in [1.82, 2.24) is 0 Å². The Morgan fingerprint density at radius 2 is 2.12 bits per heavy atom. The van der Waals surface area contributed by atoms with Gasteiger partial charge in [-0.05, 0) is 24.6 Å². The fourth-order valence-electron chi connectivity index (χ4n) is 1.10. The molecule has 1 aromatic carbocycles. The zero-order chi connectivity index (χ0) is 12.8. The Bertz CT molecular complexity index is 437. The van der Waals surface area contributed by atoms with Crippen molar-refractivity contribution in [3.05, 3.63) is 28.2 Å². The van der Waals surface area contributed by atoms with Gasteiger partial charge in [0, 0.05) is 10.2 Å². The first kappa shape index (κ1) is 14.1. The van der Waals surface area contributed by atoms with E-state index in [9.17, 15) is 9.59 Å². The zero-order valence-electron chi connectivity index (χ0n) is 9.20. The topological polar surface area (TPSA) is 66.4 Å². The molecule has 0 saturated heterocycles. The third kappa shape index (κ3) is 5.23. The Labute approximate surface area is 112 Å². The molecule has 0 fully saturated rings. The average molecular weight is 318 g/mol. The van der Waals surface area contributed by atoms with Crippen LogP contribution in [0, 0.1) is 6.92 Å². The molecular weight excluding hydrogens is 306 g/mol. The minimum atomic E-state index is -0.916. The summed E-state index contributed by atoms with van der Waals surface area (Å²) in [5.41, 5.74) is 1.78. The molecule has 0 bridgehead atoms. The summed E-state index contributed by atoms with van der Waals surface area (Å²) in [5.74, 6) is -1.05. The minimum absolute atomic E-state index is 0.0645. The highest BCUT2D eigenvalue weighted by molar-refractivity contribution is 9.10. The molecule has 0 unspecified atom stereocenters. The van der Waals surface area contributed by atoms with Gasteiger partial charge >= 0.3 is 5.97 Å². The second-order valence-corrected chi connectivity index (χ2v) is 5.24. The number of benzene rings is 1. The lowest BCUT2D eigenvalue weighted by Gasteiger charge is -2.06. The highest BCUT2D eigenvalue weighted by Crippen LogP contribution is 2.20. The Morgan fingerprint density at radius 3 is 2.71 bits per heavy atom. The quantitative estimate of drug-likeness (QED) is 0.875. The van der Waals surface area contributed by atoms with Gasteiger partial charge < -0.3 is 10.4 Å². The molecular formula is C11H12BrNO3S. The first-order valence-electron chi connectivity index (χ1n) is 4.84. The van der Waals surface area contributed by atoms with Crippen LogP contribution in [0.15, 0.2) is 22.7 Å². The van der Waals surface area contributed by atoms with Gasteiger partial charge in [0.05, 0.1) is 11.5 Å². The lowest BCUT2D eigenvalue weighted by Crippen LogP contribution is -2.15. The molecule has 0 heterocycles. The van der Waals surface area contributed by atoms with Crippen molar-refractivity contribution < 1.29 is 14.7 Å². The summed E-state index contributed by atoms with van der Waals surface area (Å²) in [6.07, 6.45) is 0. The fraction of sp³-hybridized carbons (Fsp3) is 0.273. The predicted octanol–water partition coefficient (Wildman–Crippen LogP) is 2.51. The third-order valence-electron chi connectivity index (χ3n) is 1.91. The molecule has 6 heteroatoms. The molecule has 0 radical (unpaired) electrons. The molecule has 2 N–H and O–H groups in total. The summed E-state index contributed by atoms with van der Waals surface area (Å²) in [5, 5.41) is 11.1. The summed E-state index contributed by atoms with van der Waals surface area (Å²) < 4.78 is 0.925. The number of carboxylic acids is 1. The van der Waals surface area contributed by atoms with E-state index in [1.807, 2.05) is 19.1 Å². The van der Waals surface area contributed by atoms with Crippen LogP contribution in [0.1, 0.15) is 5.56 Å². The second-order valence-electron chi connectivity index (χ2n) is 3.40. The van der Waals surface area contributed by atoms with E-state index in [0.29, 0.717) is 5.69 Å². The maximum Gasteiger partial charge on any atom is 0.313 e. The summed E-state index contributed by atoms with van der Waals surface area (Å²) in [4.78, 5) is 21.7. The van der Waals surface area contributed by atoms with Gasteiger partial charge in [0.2, 0.25) is 5.91 Å². The van der Waals surface area contributed by atoms with Crippen molar-refractivity contribution in [2.24, 2.45) is 0 Å². The van der Waals surface area contributed by atoms with Crippen LogP contribution in [0.2, 0.25) is 0 Å². The number of carbonyl (C=O) groups is 2. The van der Waals surface area contributed by atoms with E-state index in [0.717, 1.165) is 21.8 Å². The van der Waals surface area contributed by atoms with Gasteiger partial charge in [-0.2, -0.15) is 0 Å². The van der Waals surface area contributed by atoms with Crippen LogP contribution in [0.5, 0.6) is 0 Å². The molecule has 1 aromatic rings. The molecule has 0 saturated carbocycles. The molecule has 0 aliphatic rings. The van der Waals surface area contributed by atoms with Crippen molar-refractivity contribution in [3.8, 4) is 0 Å². The van der Waals surface area contributed by atoms with E-state index in [-0.39, 0.29) is 17.4 Å². The Morgan fingerprint density at radius 1 is 1.41 bits per heavy atom. The molecule has 4 nitrogen and oxygen atoms in total. The standard InChI is InChI=1S/C11H12BrNO3S/c1-7-2-3-8(4-9(7)12)13-10(14)5-17-6-11(15)16/h2-4H,5-6H2,1H3,(H,13,14)(H,15,16). The SMILES string of the molecule is Cc1ccc(NC(=O)CSCC(=O)O)cc1Br. The van der Waals surface area contributed by atoms with Gasteiger partial charge in [-0.3, -0.25) is 9.59 Å². The maximum atomic E-state index is 11.4. The normalized spacial score (nSPS) is 10.0. The number of nitrogens with one attached hydrogen (secondary N) is 1. The van der Waals surface area contributed by atoms with Crippen LogP contribution in [-0.2, 0) is 9.59 Å². The van der Waals surface area contributed by atoms with E-state index in [1.54, 1.807) is 6.07 Å². The fourth-order valence-corrected chi connectivity index (χ4v) is 2.01. The molecule has 1 rings (SSSR count). The van der Waals surface area contributed by atoms with Crippen LogP contribution in [0.4, 0.5) is 5.69 Å². The van der Waals surface area contributed by atoms with Crippen LogP contribution in [0.3, 0.4) is 0 Å². The number of rotatable bonds is 5. The van der Waals surface area contributed by atoms with Crippen molar-refractivity contribution in [2.45, 2.75) is 6.92 Å². The monoisotopic (exact) mass is 317 g/mol. The predicted molar refractivity (Wildman–Crippen MR) is 72.5 cm³/mol. The first-order valence-corrected chi connectivity index (χ1v) is 6.79. The van der Waals surface area contributed by atoms with Crippen LogP contribution < -0.4 is 5.32 Å². The average Bonchev–Trinajstić information content (AvgIpc) is 2.23. The number of carboxylic acid groups (broad SMARTS) is 1. The van der Waals surface area contributed by atoms with Crippen molar-refractivity contribution in [1.29, 1.82) is 0 Å². The van der Waals surface area contributed by atoms with Crippen LogP contribution in [-0.4, -0.2) is 28.5 Å². The Hall–Kier alpha value is -1.01. The van der Waals surface area contributed by atoms with Gasteiger partial charge in [0.1, 0.15) is 0 Å². The highest BCUT2D eigenvalue weighted by atomic mass is 79.9. The summed E-state index contributed by atoms with van der Waals surface area (Å²) in [6, 6.07) is 5.51. The molecule has 0 aliphatic heterocycles. The molecule has 92 valence electrons. The summed E-state index contributed by atoms with van der Waals surface area (Å²) in [7, 11) is 0. The smallest absolute Gasteiger partial charge is 0.313 e. The Balaban J connectivity index is 2.45. The number of aliphatic carboxylic acids is 1. The number of amides is 1. The highest BCUT2D eigenvalue weighted by Gasteiger charge is 2.05. The number of thioether (sulfide) groups is 1. The number of halogens is 1. The van der Waals surface area contributed by atoms with Crippen molar-refractivity contribution in [3.63, 3.8) is 0 Å². The molecule has 1 amide bonds. The van der Waals surface area contributed by atoms with E-state index >= 15 is 0 Å². The van der Waals surface area contributed by atoms with Gasteiger partial charge in [-0.25, -0.2) is 0 Å². The van der Waals surface area contributed by atoms with E-state index < -0.39 is 5.97 Å². The largest absolute Gasteiger partial charge is 0.481 e. The zero-order valence-corrected chi connectivity index (χ0v) is 11.6. The molecule has 0 aliphatic carbocycles. The van der Waals surface area contributed by atoms with Gasteiger partial charge in [0.25, 0.3) is 0 Å². The second kappa shape index (κ2) is 6.66. The number of hydrogen-bond acceptors (Lipinski definition) is 3. The first-order chi connectivity index (χ1) is 7.99. The van der Waals surface area contributed by atoms with Crippen molar-refractivity contribution >= 4 is 45.3 Å². The summed E-state index contributed by atoms with van der Waals surface area (Å²) >= 11 is 4.45. The van der Waals surface area contributed by atoms with Crippen LogP contribution >= 0.6 is 27.7 Å².